The summed E-state index contributed by atoms with van der Waals surface area (Å²) in [5, 5.41) is 0. The van der Waals surface area contributed by atoms with Crippen LogP contribution in [0, 0.1) is 6.92 Å². The van der Waals surface area contributed by atoms with E-state index in [1.54, 1.807) is 0 Å². The summed E-state index contributed by atoms with van der Waals surface area (Å²) >= 11 is 0. The van der Waals surface area contributed by atoms with Crippen LogP contribution in [0.3, 0.4) is 0 Å². The molecule has 0 fully saturated rings. The molecule has 2 N–H and O–H groups in total. The monoisotopic (exact) mass is 254 g/mol. The quantitative estimate of drug-likeness (QED) is 0.836. The van der Waals surface area contributed by atoms with Crippen molar-refractivity contribution in [2.24, 2.45) is 0 Å². The maximum Gasteiger partial charge on any atom is 0.0432 e. The highest BCUT2D eigenvalue weighted by Gasteiger charge is 2.12. The summed E-state index contributed by atoms with van der Waals surface area (Å²) in [5.74, 6) is 0. The van der Waals surface area contributed by atoms with E-state index in [0.29, 0.717) is 6.04 Å². The molecule has 0 unspecified atom stereocenters. The highest BCUT2D eigenvalue weighted by atomic mass is 15.1. The Labute approximate surface area is 115 Å². The highest BCUT2D eigenvalue weighted by molar-refractivity contribution is 5.59. The fourth-order valence-corrected chi connectivity index (χ4v) is 2.31. The van der Waals surface area contributed by atoms with Crippen molar-refractivity contribution < 1.29 is 0 Å². The van der Waals surface area contributed by atoms with Gasteiger partial charge in [0.1, 0.15) is 0 Å². The zero-order valence-electron chi connectivity index (χ0n) is 11.9. The molecule has 19 heavy (non-hydrogen) atoms. The molecule has 0 radical (unpaired) electrons. The van der Waals surface area contributed by atoms with Crippen LogP contribution in [0.1, 0.15) is 25.0 Å². The van der Waals surface area contributed by atoms with Gasteiger partial charge in [0.05, 0.1) is 0 Å². The molecule has 0 saturated carbocycles. The second-order valence-electron chi connectivity index (χ2n) is 5.31. The molecular formula is C17H22N2. The predicted octanol–water partition coefficient (Wildman–Crippen LogP) is 3.99. The summed E-state index contributed by atoms with van der Waals surface area (Å²) in [4.78, 5) is 2.37. The van der Waals surface area contributed by atoms with E-state index in [0.717, 1.165) is 12.2 Å². The van der Waals surface area contributed by atoms with Gasteiger partial charge in [-0.25, -0.2) is 0 Å². The van der Waals surface area contributed by atoms with E-state index in [9.17, 15) is 0 Å². The van der Waals surface area contributed by atoms with Crippen LogP contribution in [0.15, 0.2) is 48.5 Å². The number of hydrogen-bond donors (Lipinski definition) is 1. The van der Waals surface area contributed by atoms with Gasteiger partial charge in [0.2, 0.25) is 0 Å². The lowest BCUT2D eigenvalue weighted by atomic mass is 10.1. The Bertz CT molecular complexity index is 512. The Hall–Kier alpha value is -1.96. The molecule has 100 valence electrons. The summed E-state index contributed by atoms with van der Waals surface area (Å²) in [5.41, 5.74) is 10.5. The van der Waals surface area contributed by atoms with Gasteiger partial charge in [-0.05, 0) is 50.1 Å². The number of nitrogens with zero attached hydrogens (tertiary/aromatic N) is 1. The number of benzene rings is 2. The maximum absolute atomic E-state index is 5.96. The van der Waals surface area contributed by atoms with Crippen molar-refractivity contribution in [1.82, 2.24) is 0 Å². The molecule has 0 amide bonds. The van der Waals surface area contributed by atoms with E-state index in [1.807, 2.05) is 12.1 Å². The number of aryl methyl sites for hydroxylation is 1. The number of rotatable bonds is 4. The Morgan fingerprint density at radius 3 is 2.32 bits per heavy atom. The summed E-state index contributed by atoms with van der Waals surface area (Å²) in [6.07, 6.45) is 0. The van der Waals surface area contributed by atoms with Crippen molar-refractivity contribution in [3.05, 3.63) is 59.7 Å². The minimum atomic E-state index is 0.432. The summed E-state index contributed by atoms with van der Waals surface area (Å²) in [7, 11) is 0. The summed E-state index contributed by atoms with van der Waals surface area (Å²) < 4.78 is 0. The van der Waals surface area contributed by atoms with Crippen LogP contribution in [-0.2, 0) is 6.54 Å². The fraction of sp³-hybridized carbons (Fsp3) is 0.294. The normalized spacial score (nSPS) is 10.7. The molecule has 2 heteroatoms. The Morgan fingerprint density at radius 2 is 1.74 bits per heavy atom. The van der Waals surface area contributed by atoms with Gasteiger partial charge >= 0.3 is 0 Å². The maximum atomic E-state index is 5.96. The molecule has 0 aliphatic carbocycles. The highest BCUT2D eigenvalue weighted by Crippen LogP contribution is 2.24. The van der Waals surface area contributed by atoms with Crippen molar-refractivity contribution in [1.29, 1.82) is 0 Å². The molecule has 2 aromatic carbocycles. The van der Waals surface area contributed by atoms with Gasteiger partial charge in [0.15, 0.2) is 0 Å². The molecule has 0 atom stereocenters. The number of nitrogen functional groups attached to an aromatic ring is 1. The lowest BCUT2D eigenvalue weighted by molar-refractivity contribution is 0.682. The van der Waals surface area contributed by atoms with Crippen LogP contribution in [0.2, 0.25) is 0 Å². The topological polar surface area (TPSA) is 29.3 Å². The Kier molecular flexibility index (Phi) is 4.10. The van der Waals surface area contributed by atoms with E-state index in [2.05, 4.69) is 62.1 Å². The van der Waals surface area contributed by atoms with Gasteiger partial charge in [-0.3, -0.25) is 0 Å². The minimum absolute atomic E-state index is 0.432. The van der Waals surface area contributed by atoms with Crippen molar-refractivity contribution in [2.75, 3.05) is 10.6 Å². The van der Waals surface area contributed by atoms with Gasteiger partial charge in [0.25, 0.3) is 0 Å². The lowest BCUT2D eigenvalue weighted by Gasteiger charge is -2.29. The summed E-state index contributed by atoms with van der Waals surface area (Å²) in [6, 6.07) is 17.2. The van der Waals surface area contributed by atoms with Crippen molar-refractivity contribution >= 4 is 11.4 Å². The van der Waals surface area contributed by atoms with Crippen molar-refractivity contribution in [2.45, 2.75) is 33.4 Å². The average molecular weight is 254 g/mol. The Balaban J connectivity index is 2.30. The zero-order valence-corrected chi connectivity index (χ0v) is 11.9. The molecule has 2 rings (SSSR count). The number of hydrogen-bond acceptors (Lipinski definition) is 2. The van der Waals surface area contributed by atoms with Crippen LogP contribution in [0.4, 0.5) is 11.4 Å². The summed E-state index contributed by atoms with van der Waals surface area (Å²) in [6.45, 7) is 7.41. The predicted molar refractivity (Wildman–Crippen MR) is 83.4 cm³/mol. The van der Waals surface area contributed by atoms with Crippen molar-refractivity contribution in [3.8, 4) is 0 Å². The fourth-order valence-electron chi connectivity index (χ4n) is 2.31. The number of anilines is 2. The molecule has 0 spiro atoms. The minimum Gasteiger partial charge on any atom is -0.399 e. The first-order valence-corrected chi connectivity index (χ1v) is 6.74. The van der Waals surface area contributed by atoms with Crippen molar-refractivity contribution in [3.63, 3.8) is 0 Å². The number of nitrogens with two attached hydrogens (primary N) is 1. The second kappa shape index (κ2) is 5.79. The first kappa shape index (κ1) is 13.5. The molecule has 0 aliphatic rings. The van der Waals surface area contributed by atoms with E-state index in [-0.39, 0.29) is 0 Å². The largest absolute Gasteiger partial charge is 0.399 e. The standard InChI is InChI=1S/C17H22N2/c1-13(2)19(12-15-7-5-4-6-8-15)17-10-14(3)9-16(18)11-17/h4-11,13H,12,18H2,1-3H3. The zero-order chi connectivity index (χ0) is 13.8. The van der Waals surface area contributed by atoms with Crippen LogP contribution >= 0.6 is 0 Å². The third kappa shape index (κ3) is 3.50. The van der Waals surface area contributed by atoms with Crippen LogP contribution in [-0.4, -0.2) is 6.04 Å². The van der Waals surface area contributed by atoms with E-state index in [4.69, 9.17) is 5.73 Å². The smallest absolute Gasteiger partial charge is 0.0432 e. The molecule has 0 heterocycles. The van der Waals surface area contributed by atoms with Crippen LogP contribution in [0.5, 0.6) is 0 Å². The molecule has 2 nitrogen and oxygen atoms in total. The van der Waals surface area contributed by atoms with Gasteiger partial charge in [-0.15, -0.1) is 0 Å². The molecule has 0 aromatic heterocycles. The SMILES string of the molecule is Cc1cc(N)cc(N(Cc2ccccc2)C(C)C)c1. The van der Waals surface area contributed by atoms with Gasteiger partial charge in [-0.2, -0.15) is 0 Å². The molecule has 0 aliphatic heterocycles. The third-order valence-electron chi connectivity index (χ3n) is 3.24. The molecular weight excluding hydrogens is 232 g/mol. The first-order valence-electron chi connectivity index (χ1n) is 6.74. The van der Waals surface area contributed by atoms with Crippen LogP contribution in [0.25, 0.3) is 0 Å². The van der Waals surface area contributed by atoms with E-state index < -0.39 is 0 Å². The van der Waals surface area contributed by atoms with E-state index in [1.165, 1.54) is 16.8 Å². The average Bonchev–Trinajstić information content (AvgIpc) is 2.35. The Morgan fingerprint density at radius 1 is 1.05 bits per heavy atom. The molecule has 2 aromatic rings. The van der Waals surface area contributed by atoms with E-state index >= 15 is 0 Å². The van der Waals surface area contributed by atoms with Gasteiger partial charge in [-0.1, -0.05) is 30.3 Å². The first-order chi connectivity index (χ1) is 9.06. The lowest BCUT2D eigenvalue weighted by Crippen LogP contribution is -2.30. The van der Waals surface area contributed by atoms with Gasteiger partial charge < -0.3 is 10.6 Å². The molecule has 0 saturated heterocycles. The van der Waals surface area contributed by atoms with Gasteiger partial charge in [0, 0.05) is 24.0 Å². The third-order valence-corrected chi connectivity index (χ3v) is 3.24. The second-order valence-corrected chi connectivity index (χ2v) is 5.31. The molecule has 0 bridgehead atoms. The van der Waals surface area contributed by atoms with Crippen LogP contribution < -0.4 is 10.6 Å².